The summed E-state index contributed by atoms with van der Waals surface area (Å²) in [6.45, 7) is 5.70. The van der Waals surface area contributed by atoms with Crippen LogP contribution in [0.3, 0.4) is 0 Å². The number of ether oxygens (including phenoxy) is 2. The maximum absolute atomic E-state index is 12.5. The van der Waals surface area contributed by atoms with E-state index in [1.165, 1.54) is 5.56 Å². The quantitative estimate of drug-likeness (QED) is 0.839. The minimum Gasteiger partial charge on any atom is -0.494 e. The molecule has 5 heteroatoms. The Hall–Kier alpha value is -1.75. The molecule has 132 valence electrons. The number of benzene rings is 1. The molecule has 3 atom stereocenters. The Morgan fingerprint density at radius 3 is 3.00 bits per heavy atom. The summed E-state index contributed by atoms with van der Waals surface area (Å²) in [6, 6.07) is 4.07. The highest BCUT2D eigenvalue weighted by atomic mass is 16.5. The fourth-order valence-electron chi connectivity index (χ4n) is 3.89. The monoisotopic (exact) mass is 332 g/mol. The van der Waals surface area contributed by atoms with Gasteiger partial charge in [0.15, 0.2) is 0 Å². The predicted octanol–water partition coefficient (Wildman–Crippen LogP) is 2.40. The zero-order valence-corrected chi connectivity index (χ0v) is 14.6. The summed E-state index contributed by atoms with van der Waals surface area (Å²) in [4.78, 5) is 12.5. The maximum Gasteiger partial charge on any atom is 0.223 e. The third kappa shape index (κ3) is 3.51. The van der Waals surface area contributed by atoms with E-state index < -0.39 is 0 Å². The maximum atomic E-state index is 12.5. The van der Waals surface area contributed by atoms with Crippen molar-refractivity contribution in [3.05, 3.63) is 23.3 Å². The van der Waals surface area contributed by atoms with E-state index in [4.69, 9.17) is 15.2 Å². The number of amides is 1. The SMILES string of the molecule is CCOc1cc2c(cc1CNC(=O)[C@@H]1CCC[C@@H]1CN)OC(C)C2. The lowest BCUT2D eigenvalue weighted by Gasteiger charge is -2.18. The Morgan fingerprint density at radius 2 is 2.25 bits per heavy atom. The number of carbonyl (C=O) groups excluding carboxylic acids is 1. The Bertz CT molecular complexity index is 603. The molecule has 1 aromatic carbocycles. The number of hydrogen-bond acceptors (Lipinski definition) is 4. The largest absolute Gasteiger partial charge is 0.494 e. The van der Waals surface area contributed by atoms with Crippen LogP contribution < -0.4 is 20.5 Å². The molecule has 1 heterocycles. The molecule has 1 aromatic rings. The highest BCUT2D eigenvalue weighted by molar-refractivity contribution is 5.79. The van der Waals surface area contributed by atoms with Gasteiger partial charge >= 0.3 is 0 Å². The lowest BCUT2D eigenvalue weighted by Crippen LogP contribution is -2.34. The summed E-state index contributed by atoms with van der Waals surface area (Å²) in [7, 11) is 0. The highest BCUT2D eigenvalue weighted by Gasteiger charge is 2.32. The Labute approximate surface area is 143 Å². The van der Waals surface area contributed by atoms with Gasteiger partial charge in [0.1, 0.15) is 17.6 Å². The van der Waals surface area contributed by atoms with E-state index in [0.717, 1.165) is 42.7 Å². The van der Waals surface area contributed by atoms with Gasteiger partial charge in [-0.25, -0.2) is 0 Å². The average Bonchev–Trinajstić information content (AvgIpc) is 3.17. The molecule has 0 aromatic heterocycles. The van der Waals surface area contributed by atoms with Crippen molar-refractivity contribution in [3.63, 3.8) is 0 Å². The molecule has 0 bridgehead atoms. The summed E-state index contributed by atoms with van der Waals surface area (Å²) in [5.41, 5.74) is 7.94. The zero-order chi connectivity index (χ0) is 17.1. The number of hydrogen-bond donors (Lipinski definition) is 2. The molecular weight excluding hydrogens is 304 g/mol. The predicted molar refractivity (Wildman–Crippen MR) is 93.1 cm³/mol. The summed E-state index contributed by atoms with van der Waals surface area (Å²) in [5, 5.41) is 3.08. The van der Waals surface area contributed by atoms with E-state index in [0.29, 0.717) is 25.6 Å². The molecule has 1 unspecified atom stereocenters. The van der Waals surface area contributed by atoms with Crippen LogP contribution in [0.15, 0.2) is 12.1 Å². The van der Waals surface area contributed by atoms with Crippen LogP contribution in [0.4, 0.5) is 0 Å². The van der Waals surface area contributed by atoms with Crippen LogP contribution in [0.1, 0.15) is 44.2 Å². The second kappa shape index (κ2) is 7.43. The number of rotatable bonds is 6. The number of nitrogens with one attached hydrogen (secondary N) is 1. The number of fused-ring (bicyclic) bond motifs is 1. The first-order chi connectivity index (χ1) is 11.6. The first kappa shape index (κ1) is 17.1. The van der Waals surface area contributed by atoms with Crippen LogP contribution >= 0.6 is 0 Å². The zero-order valence-electron chi connectivity index (χ0n) is 14.6. The van der Waals surface area contributed by atoms with Gasteiger partial charge in [-0.15, -0.1) is 0 Å². The topological polar surface area (TPSA) is 73.6 Å². The first-order valence-electron chi connectivity index (χ1n) is 9.05. The normalized spacial score (nSPS) is 25.2. The summed E-state index contributed by atoms with van der Waals surface area (Å²) in [5.74, 6) is 2.24. The van der Waals surface area contributed by atoms with Crippen molar-refractivity contribution in [2.45, 2.75) is 52.2 Å². The standard InChI is InChI=1S/C19H28N2O3/c1-3-23-17-8-14-7-12(2)24-18(14)9-15(17)11-21-19(22)16-6-4-5-13(16)10-20/h8-9,12-13,16H,3-7,10-11,20H2,1-2H3,(H,21,22)/t12?,13-,16-/m1/s1. The molecule has 1 amide bonds. The molecular formula is C19H28N2O3. The second-order valence-corrected chi connectivity index (χ2v) is 6.88. The molecule has 2 aliphatic rings. The van der Waals surface area contributed by atoms with Crippen LogP contribution in [0.25, 0.3) is 0 Å². The van der Waals surface area contributed by atoms with Gasteiger partial charge in [0.05, 0.1) is 6.61 Å². The number of nitrogens with two attached hydrogens (primary N) is 1. The Balaban J connectivity index is 1.70. The molecule has 1 saturated carbocycles. The van der Waals surface area contributed by atoms with Crippen LogP contribution in [0.5, 0.6) is 11.5 Å². The van der Waals surface area contributed by atoms with Crippen LogP contribution in [0.2, 0.25) is 0 Å². The van der Waals surface area contributed by atoms with Gasteiger partial charge in [-0.2, -0.15) is 0 Å². The molecule has 3 rings (SSSR count). The van der Waals surface area contributed by atoms with E-state index >= 15 is 0 Å². The van der Waals surface area contributed by atoms with E-state index in [2.05, 4.69) is 18.3 Å². The van der Waals surface area contributed by atoms with Gasteiger partial charge in [0, 0.05) is 30.0 Å². The number of carbonyl (C=O) groups is 1. The van der Waals surface area contributed by atoms with Crippen molar-refractivity contribution >= 4 is 5.91 Å². The minimum atomic E-state index is 0.0521. The lowest BCUT2D eigenvalue weighted by molar-refractivity contribution is -0.126. The van der Waals surface area contributed by atoms with Crippen LogP contribution in [-0.2, 0) is 17.8 Å². The fraction of sp³-hybridized carbons (Fsp3) is 0.632. The summed E-state index contributed by atoms with van der Waals surface area (Å²) < 4.78 is 11.6. The minimum absolute atomic E-state index is 0.0521. The van der Waals surface area contributed by atoms with Gasteiger partial charge in [0.25, 0.3) is 0 Å². The molecule has 0 radical (unpaired) electrons. The second-order valence-electron chi connectivity index (χ2n) is 6.88. The van der Waals surface area contributed by atoms with E-state index in [1.54, 1.807) is 0 Å². The molecule has 5 nitrogen and oxygen atoms in total. The average molecular weight is 332 g/mol. The van der Waals surface area contributed by atoms with Crippen molar-refractivity contribution in [2.24, 2.45) is 17.6 Å². The van der Waals surface area contributed by atoms with Gasteiger partial charge in [-0.05, 0) is 51.3 Å². The molecule has 0 spiro atoms. The van der Waals surface area contributed by atoms with Crippen LogP contribution in [0, 0.1) is 11.8 Å². The Morgan fingerprint density at radius 1 is 1.42 bits per heavy atom. The van der Waals surface area contributed by atoms with E-state index in [9.17, 15) is 4.79 Å². The van der Waals surface area contributed by atoms with Crippen molar-refractivity contribution < 1.29 is 14.3 Å². The Kier molecular flexibility index (Phi) is 5.29. The first-order valence-corrected chi connectivity index (χ1v) is 9.05. The summed E-state index contributed by atoms with van der Waals surface area (Å²) >= 11 is 0. The van der Waals surface area contributed by atoms with Crippen molar-refractivity contribution in [1.82, 2.24) is 5.32 Å². The van der Waals surface area contributed by atoms with Crippen molar-refractivity contribution in [2.75, 3.05) is 13.2 Å². The van der Waals surface area contributed by atoms with Crippen LogP contribution in [-0.4, -0.2) is 25.2 Å². The van der Waals surface area contributed by atoms with Crippen molar-refractivity contribution in [1.29, 1.82) is 0 Å². The lowest BCUT2D eigenvalue weighted by atomic mass is 9.95. The summed E-state index contributed by atoms with van der Waals surface area (Å²) in [6.07, 6.45) is 4.19. The third-order valence-electron chi connectivity index (χ3n) is 5.13. The highest BCUT2D eigenvalue weighted by Crippen LogP contribution is 2.35. The van der Waals surface area contributed by atoms with Gasteiger partial charge in [-0.1, -0.05) is 6.42 Å². The molecule has 1 aliphatic heterocycles. The molecule has 1 aliphatic carbocycles. The molecule has 3 N–H and O–H groups in total. The van der Waals surface area contributed by atoms with Gasteiger partial charge < -0.3 is 20.5 Å². The smallest absolute Gasteiger partial charge is 0.223 e. The van der Waals surface area contributed by atoms with Crippen molar-refractivity contribution in [3.8, 4) is 11.5 Å². The molecule has 1 fully saturated rings. The fourth-order valence-corrected chi connectivity index (χ4v) is 3.89. The van der Waals surface area contributed by atoms with E-state index in [1.807, 2.05) is 13.0 Å². The van der Waals surface area contributed by atoms with Gasteiger partial charge in [-0.3, -0.25) is 4.79 Å². The molecule has 0 saturated heterocycles. The van der Waals surface area contributed by atoms with E-state index in [-0.39, 0.29) is 17.9 Å². The van der Waals surface area contributed by atoms with Gasteiger partial charge in [0.2, 0.25) is 5.91 Å². The molecule has 24 heavy (non-hydrogen) atoms. The third-order valence-corrected chi connectivity index (χ3v) is 5.13.